The molecule has 2 atom stereocenters. The van der Waals surface area contributed by atoms with E-state index in [2.05, 4.69) is 31.0 Å². The second-order valence-corrected chi connectivity index (χ2v) is 6.97. The van der Waals surface area contributed by atoms with Crippen molar-refractivity contribution in [3.8, 4) is 0 Å². The predicted octanol–water partition coefficient (Wildman–Crippen LogP) is 1.47. The summed E-state index contributed by atoms with van der Waals surface area (Å²) < 4.78 is 0. The zero-order chi connectivity index (χ0) is 12.5. The molecular formula is C14H28N2O. The second-order valence-electron chi connectivity index (χ2n) is 6.97. The van der Waals surface area contributed by atoms with Gasteiger partial charge in [0.05, 0.1) is 6.61 Å². The molecule has 1 aliphatic carbocycles. The molecule has 2 N–H and O–H groups in total. The lowest BCUT2D eigenvalue weighted by Crippen LogP contribution is -2.61. The van der Waals surface area contributed by atoms with Gasteiger partial charge in [-0.3, -0.25) is 4.90 Å². The van der Waals surface area contributed by atoms with E-state index in [0.717, 1.165) is 44.9 Å². The third kappa shape index (κ3) is 2.83. The molecule has 0 amide bonds. The molecule has 2 rings (SSSR count). The van der Waals surface area contributed by atoms with E-state index >= 15 is 0 Å². The van der Waals surface area contributed by atoms with Crippen molar-refractivity contribution in [2.24, 2.45) is 11.3 Å². The zero-order valence-corrected chi connectivity index (χ0v) is 11.6. The first-order chi connectivity index (χ1) is 7.97. The smallest absolute Gasteiger partial charge is 0.0615 e. The van der Waals surface area contributed by atoms with Crippen LogP contribution in [0.3, 0.4) is 0 Å². The fraction of sp³-hybridized carbons (Fsp3) is 1.00. The van der Waals surface area contributed by atoms with E-state index in [0.29, 0.717) is 12.0 Å². The molecule has 0 bridgehead atoms. The molecule has 100 valence electrons. The van der Waals surface area contributed by atoms with Crippen molar-refractivity contribution in [3.05, 3.63) is 0 Å². The molecule has 17 heavy (non-hydrogen) atoms. The standard InChI is InChI=1S/C14H28N2O/c1-12-8-13(2,3)10-14(9-12,11-17)16-6-4-15-5-7-16/h12,15,17H,4-11H2,1-3H3. The van der Waals surface area contributed by atoms with Crippen molar-refractivity contribution in [3.63, 3.8) is 0 Å². The van der Waals surface area contributed by atoms with E-state index in [1.165, 1.54) is 6.42 Å². The Kier molecular flexibility index (Phi) is 3.81. The minimum atomic E-state index is 0.0449. The summed E-state index contributed by atoms with van der Waals surface area (Å²) in [7, 11) is 0. The van der Waals surface area contributed by atoms with Crippen molar-refractivity contribution in [1.29, 1.82) is 0 Å². The lowest BCUT2D eigenvalue weighted by atomic mass is 9.63. The second kappa shape index (κ2) is 4.87. The van der Waals surface area contributed by atoms with Crippen molar-refractivity contribution >= 4 is 0 Å². The van der Waals surface area contributed by atoms with Crippen LogP contribution in [0.4, 0.5) is 0 Å². The number of aliphatic hydroxyl groups is 1. The van der Waals surface area contributed by atoms with E-state index in [-0.39, 0.29) is 5.54 Å². The van der Waals surface area contributed by atoms with Crippen molar-refractivity contribution in [1.82, 2.24) is 10.2 Å². The van der Waals surface area contributed by atoms with Crippen LogP contribution in [0.25, 0.3) is 0 Å². The molecule has 0 spiro atoms. The molecule has 0 radical (unpaired) electrons. The van der Waals surface area contributed by atoms with Gasteiger partial charge < -0.3 is 10.4 Å². The highest BCUT2D eigenvalue weighted by Crippen LogP contribution is 2.46. The summed E-state index contributed by atoms with van der Waals surface area (Å²) in [4.78, 5) is 2.54. The Hall–Kier alpha value is -0.120. The largest absolute Gasteiger partial charge is 0.394 e. The zero-order valence-electron chi connectivity index (χ0n) is 11.6. The van der Waals surface area contributed by atoms with Crippen LogP contribution in [0.15, 0.2) is 0 Å². The Morgan fingerprint density at radius 3 is 2.41 bits per heavy atom. The van der Waals surface area contributed by atoms with Crippen molar-refractivity contribution in [2.45, 2.75) is 45.6 Å². The molecule has 0 aromatic rings. The maximum Gasteiger partial charge on any atom is 0.0615 e. The average Bonchev–Trinajstić information content (AvgIpc) is 2.27. The van der Waals surface area contributed by atoms with Gasteiger partial charge in [-0.05, 0) is 30.6 Å². The van der Waals surface area contributed by atoms with Crippen LogP contribution in [-0.2, 0) is 0 Å². The SMILES string of the molecule is CC1CC(C)(C)CC(CO)(N2CCNCC2)C1. The van der Waals surface area contributed by atoms with Gasteiger partial charge in [0.25, 0.3) is 0 Å². The Morgan fingerprint density at radius 1 is 1.24 bits per heavy atom. The summed E-state index contributed by atoms with van der Waals surface area (Å²) in [5.74, 6) is 0.723. The maximum absolute atomic E-state index is 9.98. The van der Waals surface area contributed by atoms with Gasteiger partial charge in [0.15, 0.2) is 0 Å². The average molecular weight is 240 g/mol. The van der Waals surface area contributed by atoms with Crippen LogP contribution < -0.4 is 5.32 Å². The molecule has 1 saturated carbocycles. The highest BCUT2D eigenvalue weighted by molar-refractivity contribution is 5.01. The number of piperazine rings is 1. The minimum absolute atomic E-state index is 0.0449. The lowest BCUT2D eigenvalue weighted by molar-refractivity contribution is -0.0558. The molecule has 1 heterocycles. The molecule has 3 nitrogen and oxygen atoms in total. The van der Waals surface area contributed by atoms with Crippen molar-refractivity contribution < 1.29 is 5.11 Å². The van der Waals surface area contributed by atoms with E-state index in [1.54, 1.807) is 0 Å². The summed E-state index contributed by atoms with van der Waals surface area (Å²) in [6, 6.07) is 0. The van der Waals surface area contributed by atoms with Gasteiger partial charge in [0.2, 0.25) is 0 Å². The van der Waals surface area contributed by atoms with Crippen LogP contribution in [0, 0.1) is 11.3 Å². The van der Waals surface area contributed by atoms with Crippen LogP contribution in [0.5, 0.6) is 0 Å². The number of nitrogens with zero attached hydrogens (tertiary/aromatic N) is 1. The number of aliphatic hydroxyl groups excluding tert-OH is 1. The van der Waals surface area contributed by atoms with Gasteiger partial charge in [0.1, 0.15) is 0 Å². The van der Waals surface area contributed by atoms with Gasteiger partial charge in [-0.25, -0.2) is 0 Å². The monoisotopic (exact) mass is 240 g/mol. The number of rotatable bonds is 2. The third-order valence-corrected chi connectivity index (χ3v) is 4.52. The summed E-state index contributed by atoms with van der Waals surface area (Å²) in [5.41, 5.74) is 0.411. The quantitative estimate of drug-likeness (QED) is 0.767. The molecule has 2 fully saturated rings. The highest BCUT2D eigenvalue weighted by atomic mass is 16.3. The van der Waals surface area contributed by atoms with Crippen LogP contribution >= 0.6 is 0 Å². The lowest BCUT2D eigenvalue weighted by Gasteiger charge is -2.53. The summed E-state index contributed by atoms with van der Waals surface area (Å²) >= 11 is 0. The Labute approximate surface area is 106 Å². The first-order valence-corrected chi connectivity index (χ1v) is 7.04. The molecule has 3 heteroatoms. The van der Waals surface area contributed by atoms with E-state index < -0.39 is 0 Å². The Balaban J connectivity index is 2.16. The normalized spacial score (nSPS) is 39.2. The molecule has 2 unspecified atom stereocenters. The number of hydrogen-bond donors (Lipinski definition) is 2. The summed E-state index contributed by atoms with van der Waals surface area (Å²) in [5, 5.41) is 13.4. The van der Waals surface area contributed by atoms with E-state index in [9.17, 15) is 5.11 Å². The Morgan fingerprint density at radius 2 is 1.88 bits per heavy atom. The topological polar surface area (TPSA) is 35.5 Å². The van der Waals surface area contributed by atoms with Gasteiger partial charge in [0, 0.05) is 31.7 Å². The molecule has 1 saturated heterocycles. The van der Waals surface area contributed by atoms with Gasteiger partial charge in [-0.1, -0.05) is 20.8 Å². The Bertz CT molecular complexity index is 261. The molecular weight excluding hydrogens is 212 g/mol. The fourth-order valence-corrected chi connectivity index (χ4v) is 4.30. The summed E-state index contributed by atoms with van der Waals surface area (Å²) in [6.45, 7) is 11.7. The van der Waals surface area contributed by atoms with Crippen LogP contribution in [-0.4, -0.2) is 48.3 Å². The number of nitrogens with one attached hydrogen (secondary N) is 1. The fourth-order valence-electron chi connectivity index (χ4n) is 4.30. The van der Waals surface area contributed by atoms with Crippen LogP contribution in [0.2, 0.25) is 0 Å². The maximum atomic E-state index is 9.98. The molecule has 1 aliphatic heterocycles. The predicted molar refractivity (Wildman–Crippen MR) is 71.1 cm³/mol. The van der Waals surface area contributed by atoms with Gasteiger partial charge in [-0.2, -0.15) is 0 Å². The summed E-state index contributed by atoms with van der Waals surface area (Å²) in [6.07, 6.45) is 3.59. The molecule has 0 aromatic heterocycles. The third-order valence-electron chi connectivity index (χ3n) is 4.52. The highest BCUT2D eigenvalue weighted by Gasteiger charge is 2.46. The van der Waals surface area contributed by atoms with E-state index in [4.69, 9.17) is 0 Å². The van der Waals surface area contributed by atoms with Crippen molar-refractivity contribution in [2.75, 3.05) is 32.8 Å². The van der Waals surface area contributed by atoms with E-state index in [1.807, 2.05) is 0 Å². The number of hydrogen-bond acceptors (Lipinski definition) is 3. The first kappa shape index (κ1) is 13.3. The molecule has 2 aliphatic rings. The molecule has 0 aromatic carbocycles. The van der Waals surface area contributed by atoms with Gasteiger partial charge >= 0.3 is 0 Å². The minimum Gasteiger partial charge on any atom is -0.394 e. The van der Waals surface area contributed by atoms with Crippen LogP contribution in [0.1, 0.15) is 40.0 Å². The van der Waals surface area contributed by atoms with Gasteiger partial charge in [-0.15, -0.1) is 0 Å². The first-order valence-electron chi connectivity index (χ1n) is 7.04.